The highest BCUT2D eigenvalue weighted by atomic mass is 16.5. The van der Waals surface area contributed by atoms with E-state index in [1.165, 1.54) is 0 Å². The van der Waals surface area contributed by atoms with E-state index in [2.05, 4.69) is 25.7 Å². The first kappa shape index (κ1) is 35.2. The van der Waals surface area contributed by atoms with Gasteiger partial charge in [-0.2, -0.15) is 0 Å². The predicted octanol–water partition coefficient (Wildman–Crippen LogP) is 5.69. The summed E-state index contributed by atoms with van der Waals surface area (Å²) in [5.74, 6) is 0.0770. The topological polar surface area (TPSA) is 118 Å². The maximum Gasteiger partial charge on any atom is 0.264 e. The van der Waals surface area contributed by atoms with Gasteiger partial charge < -0.3 is 34.4 Å². The number of benzene rings is 3. The molecule has 5 atom stereocenters. The van der Waals surface area contributed by atoms with E-state index in [9.17, 15) is 19.5 Å². The van der Waals surface area contributed by atoms with Crippen LogP contribution in [0.4, 0.5) is 11.4 Å². The minimum atomic E-state index is -1.43. The number of nitrogens with one attached hydrogen (secondary N) is 1. The Hall–Kier alpha value is -4.67. The Kier molecular flexibility index (Phi) is 9.79. The van der Waals surface area contributed by atoms with Crippen LogP contribution in [0, 0.1) is 11.8 Å². The van der Waals surface area contributed by atoms with Crippen LogP contribution in [-0.4, -0.2) is 73.8 Å². The van der Waals surface area contributed by atoms with E-state index in [1.54, 1.807) is 60.4 Å². The number of nitrogens with zero attached hydrogens (tertiary/aromatic N) is 2. The van der Waals surface area contributed by atoms with Crippen LogP contribution in [-0.2, 0) is 25.3 Å². The number of methoxy groups -OCH3 is 2. The Morgan fingerprint density at radius 3 is 2.34 bits per heavy atom. The van der Waals surface area contributed by atoms with Crippen LogP contribution in [0.25, 0.3) is 0 Å². The van der Waals surface area contributed by atoms with Gasteiger partial charge in [0, 0.05) is 41.7 Å². The van der Waals surface area contributed by atoms with Crippen LogP contribution in [0.5, 0.6) is 11.5 Å². The van der Waals surface area contributed by atoms with Gasteiger partial charge >= 0.3 is 0 Å². The average molecular weight is 682 g/mol. The van der Waals surface area contributed by atoms with Crippen molar-refractivity contribution >= 4 is 29.1 Å². The minimum absolute atomic E-state index is 0.0603. The molecule has 50 heavy (non-hydrogen) atoms. The molecule has 0 saturated carbocycles. The second-order valence-electron chi connectivity index (χ2n) is 14.0. The van der Waals surface area contributed by atoms with Gasteiger partial charge in [0.15, 0.2) is 5.60 Å². The maximum atomic E-state index is 14.8. The van der Waals surface area contributed by atoms with Gasteiger partial charge in [0.25, 0.3) is 11.8 Å². The van der Waals surface area contributed by atoms with Crippen molar-refractivity contribution in [1.29, 1.82) is 0 Å². The quantitative estimate of drug-likeness (QED) is 0.250. The summed E-state index contributed by atoms with van der Waals surface area (Å²) in [5.41, 5.74) is 1.34. The molecule has 10 heteroatoms. The van der Waals surface area contributed by atoms with Crippen LogP contribution in [0.2, 0.25) is 0 Å². The molecular weight excluding hydrogens is 634 g/mol. The Balaban J connectivity index is 1.42. The zero-order chi connectivity index (χ0) is 35.8. The van der Waals surface area contributed by atoms with Gasteiger partial charge in [0.1, 0.15) is 11.5 Å². The summed E-state index contributed by atoms with van der Waals surface area (Å²) >= 11 is 0. The van der Waals surface area contributed by atoms with Gasteiger partial charge in [-0.1, -0.05) is 39.0 Å². The fourth-order valence-corrected chi connectivity index (χ4v) is 8.49. The zero-order valence-corrected chi connectivity index (χ0v) is 29.5. The first-order valence-electron chi connectivity index (χ1n) is 17.3. The highest BCUT2D eigenvalue weighted by Crippen LogP contribution is 2.60. The predicted molar refractivity (Wildman–Crippen MR) is 192 cm³/mol. The third-order valence-electron chi connectivity index (χ3n) is 11.0. The molecule has 2 fully saturated rings. The van der Waals surface area contributed by atoms with E-state index in [-0.39, 0.29) is 49.3 Å². The highest BCUT2D eigenvalue weighted by Gasteiger charge is 2.66. The lowest BCUT2D eigenvalue weighted by Crippen LogP contribution is -2.46. The lowest BCUT2D eigenvalue weighted by Gasteiger charge is -2.39. The fraction of sp³-hybridized carbons (Fsp3) is 0.425. The lowest BCUT2D eigenvalue weighted by molar-refractivity contribution is -0.150. The van der Waals surface area contributed by atoms with Gasteiger partial charge in [-0.15, -0.1) is 6.58 Å². The number of hydrogen-bond acceptors (Lipinski definition) is 7. The van der Waals surface area contributed by atoms with Crippen LogP contribution >= 0.6 is 0 Å². The zero-order valence-electron chi connectivity index (χ0n) is 29.5. The number of likely N-dealkylation sites (tertiary alicyclic amines) is 1. The highest BCUT2D eigenvalue weighted by molar-refractivity contribution is 6.09. The number of amides is 3. The van der Waals surface area contributed by atoms with Gasteiger partial charge in [-0.05, 0) is 78.4 Å². The molecule has 6 rings (SSSR count). The maximum absolute atomic E-state index is 14.8. The molecule has 264 valence electrons. The summed E-state index contributed by atoms with van der Waals surface area (Å²) in [6.45, 7) is 11.0. The van der Waals surface area contributed by atoms with Crippen molar-refractivity contribution in [3.05, 3.63) is 96.1 Å². The molecule has 2 saturated heterocycles. The molecule has 3 amide bonds. The van der Waals surface area contributed by atoms with Crippen molar-refractivity contribution in [2.45, 2.75) is 63.2 Å². The van der Waals surface area contributed by atoms with E-state index >= 15 is 0 Å². The summed E-state index contributed by atoms with van der Waals surface area (Å²) in [6.07, 6.45) is 2.69. The van der Waals surface area contributed by atoms with E-state index in [0.717, 1.165) is 24.2 Å². The number of hydrogen-bond donors (Lipinski definition) is 2. The standard InChI is InChI=1S/C40H47N3O7/c1-7-20-43-33-19-14-28(41-37(46)26-10-15-30(48-5)16-11-26)22-32(33)40(38(43)47)25(2)36(39(3,4)27-12-17-31(49-6)18-13-27)34(50-40)23-35(45)42-21-8-9-29(42)24-44/h7,10-19,22,25,29,34,36,44H,1,8-9,20-21,23-24H2,2-6H3,(H,41,46)/t25-,29+,34+,36-,40+/m1/s1. The third kappa shape index (κ3) is 5.94. The van der Waals surface area contributed by atoms with E-state index < -0.39 is 23.0 Å². The molecule has 0 radical (unpaired) electrons. The number of rotatable bonds is 11. The molecule has 3 aromatic carbocycles. The fourth-order valence-electron chi connectivity index (χ4n) is 8.49. The number of carbonyl (C=O) groups is 3. The summed E-state index contributed by atoms with van der Waals surface area (Å²) in [4.78, 5) is 45.5. The van der Waals surface area contributed by atoms with Crippen LogP contribution in [0.3, 0.4) is 0 Å². The molecule has 2 N–H and O–H groups in total. The van der Waals surface area contributed by atoms with Crippen molar-refractivity contribution in [2.24, 2.45) is 11.8 Å². The van der Waals surface area contributed by atoms with E-state index in [4.69, 9.17) is 14.2 Å². The van der Waals surface area contributed by atoms with Crippen LogP contribution in [0.1, 0.15) is 61.5 Å². The van der Waals surface area contributed by atoms with Gasteiger partial charge in [0.05, 0.1) is 45.1 Å². The molecule has 0 aromatic heterocycles. The number of fused-ring (bicyclic) bond motifs is 2. The molecule has 3 aliphatic heterocycles. The molecule has 3 aromatic rings. The summed E-state index contributed by atoms with van der Waals surface area (Å²) in [6, 6.07) is 20.0. The molecule has 3 aliphatic rings. The lowest BCUT2D eigenvalue weighted by atomic mass is 9.63. The molecule has 3 heterocycles. The van der Waals surface area contributed by atoms with Crippen LogP contribution in [0.15, 0.2) is 79.4 Å². The number of carbonyl (C=O) groups excluding carboxylic acids is 3. The van der Waals surface area contributed by atoms with Crippen LogP contribution < -0.4 is 19.7 Å². The molecule has 1 spiro atoms. The first-order valence-corrected chi connectivity index (χ1v) is 17.3. The Labute approximate surface area is 294 Å². The van der Waals surface area contributed by atoms with Crippen molar-refractivity contribution in [2.75, 3.05) is 44.1 Å². The van der Waals surface area contributed by atoms with E-state index in [0.29, 0.717) is 34.8 Å². The molecule has 0 bridgehead atoms. The number of anilines is 2. The normalized spacial score (nSPS) is 24.4. The average Bonchev–Trinajstić information content (AvgIpc) is 3.79. The smallest absolute Gasteiger partial charge is 0.264 e. The van der Waals surface area contributed by atoms with Gasteiger partial charge in [-0.3, -0.25) is 14.4 Å². The number of ether oxygens (including phenoxy) is 3. The van der Waals surface area contributed by atoms with Crippen molar-refractivity contribution in [3.8, 4) is 11.5 Å². The third-order valence-corrected chi connectivity index (χ3v) is 11.0. The second-order valence-corrected chi connectivity index (χ2v) is 14.0. The minimum Gasteiger partial charge on any atom is -0.497 e. The monoisotopic (exact) mass is 681 g/mol. The number of aliphatic hydroxyl groups excluding tert-OH is 1. The largest absolute Gasteiger partial charge is 0.497 e. The summed E-state index contributed by atoms with van der Waals surface area (Å²) in [5, 5.41) is 13.0. The Morgan fingerprint density at radius 2 is 1.72 bits per heavy atom. The molecule has 10 nitrogen and oxygen atoms in total. The van der Waals surface area contributed by atoms with Crippen molar-refractivity contribution in [1.82, 2.24) is 4.90 Å². The van der Waals surface area contributed by atoms with Gasteiger partial charge in [0.2, 0.25) is 5.91 Å². The summed E-state index contributed by atoms with van der Waals surface area (Å²) in [7, 11) is 3.20. The molecule has 0 aliphatic carbocycles. The SMILES string of the molecule is C=CCN1C(=O)[C@@]2(O[C@@H](CC(=O)N3CCC[C@H]3CO)[C@H](C(C)(C)c3ccc(OC)cc3)[C@H]2C)c2cc(NC(=O)c3ccc(OC)cc3)ccc21. The Morgan fingerprint density at radius 1 is 1.06 bits per heavy atom. The Bertz CT molecular complexity index is 1760. The molecule has 0 unspecified atom stereocenters. The molecular formula is C40H47N3O7. The van der Waals surface area contributed by atoms with Gasteiger partial charge in [-0.25, -0.2) is 0 Å². The summed E-state index contributed by atoms with van der Waals surface area (Å²) < 4.78 is 17.8. The second kappa shape index (κ2) is 13.9. The van der Waals surface area contributed by atoms with E-state index in [1.807, 2.05) is 43.3 Å². The first-order chi connectivity index (χ1) is 24.0. The number of aliphatic hydroxyl groups is 1. The van der Waals surface area contributed by atoms with Crippen molar-refractivity contribution in [3.63, 3.8) is 0 Å². The van der Waals surface area contributed by atoms with Crippen molar-refractivity contribution < 1.29 is 33.7 Å².